The van der Waals surface area contributed by atoms with Crippen LogP contribution in [-0.2, 0) is 20.9 Å². The molecule has 2 aliphatic carbocycles. The molecular formula is C57H74F2N2O7. The second-order valence-corrected chi connectivity index (χ2v) is 21.3. The van der Waals surface area contributed by atoms with Gasteiger partial charge < -0.3 is 24.6 Å². The summed E-state index contributed by atoms with van der Waals surface area (Å²) in [4.78, 5) is 34.9. The molecule has 368 valence electrons. The van der Waals surface area contributed by atoms with Crippen molar-refractivity contribution in [1.29, 1.82) is 0 Å². The van der Waals surface area contributed by atoms with E-state index in [2.05, 4.69) is 51.6 Å². The topological polar surface area (TPSA) is 114 Å². The number of carbonyl (C=O) groups excluding carboxylic acids is 2. The van der Waals surface area contributed by atoms with Crippen molar-refractivity contribution in [3.63, 3.8) is 0 Å². The van der Waals surface area contributed by atoms with Gasteiger partial charge in [0.1, 0.15) is 23.1 Å². The zero-order valence-electron chi connectivity index (χ0n) is 41.3. The standard InChI is InChI=1S/C28H36FNO3.C23H27FO2.C6H11NO2/c1-28(2,3)22-9-13-24(14-10-22)33-23-11-7-19(8-12-23)25-6-4-5-20(26(25)29)17-30-16-15-21(18-30)27(31)32;1-23(2,3)18-9-13-20(14-10-18)26-19-11-7-16(8-12-19)21-6-4-5-17(15-25)22(21)24;1-9-6(8)5-2-3-7-4-5/h4-8,11-12,21-22,24H,9-10,13-18H2,1-3H3,(H,31,32);4-8,11-12,15,18,20H,9-10,13-14H2,1-3H3;5,7H,2-4H2,1H3. The van der Waals surface area contributed by atoms with Crippen molar-refractivity contribution in [3.05, 3.63) is 108 Å². The van der Waals surface area contributed by atoms with Crippen LogP contribution in [0.3, 0.4) is 0 Å². The minimum atomic E-state index is -0.767. The van der Waals surface area contributed by atoms with Crippen LogP contribution in [0.5, 0.6) is 11.5 Å². The molecule has 2 atom stereocenters. The van der Waals surface area contributed by atoms with Gasteiger partial charge in [-0.3, -0.25) is 19.3 Å². The predicted molar refractivity (Wildman–Crippen MR) is 265 cm³/mol. The Morgan fingerprint density at radius 2 is 1.18 bits per heavy atom. The van der Waals surface area contributed by atoms with Gasteiger partial charge in [0.15, 0.2) is 6.29 Å². The normalized spacial score (nSPS) is 23.0. The number of halogens is 2. The number of nitrogens with one attached hydrogen (secondary N) is 1. The van der Waals surface area contributed by atoms with E-state index in [-0.39, 0.29) is 41.4 Å². The fraction of sp³-hybridized carbons (Fsp3) is 0.526. The van der Waals surface area contributed by atoms with Crippen molar-refractivity contribution in [2.24, 2.45) is 34.5 Å². The maximum absolute atomic E-state index is 15.3. The minimum absolute atomic E-state index is 0.0819. The van der Waals surface area contributed by atoms with E-state index in [0.29, 0.717) is 59.9 Å². The maximum atomic E-state index is 15.3. The van der Waals surface area contributed by atoms with Gasteiger partial charge in [0, 0.05) is 36.3 Å². The molecule has 0 amide bonds. The van der Waals surface area contributed by atoms with E-state index in [4.69, 9.17) is 9.47 Å². The molecule has 11 heteroatoms. The van der Waals surface area contributed by atoms with Crippen molar-refractivity contribution >= 4 is 18.2 Å². The molecular weight excluding hydrogens is 863 g/mol. The Labute approximate surface area is 403 Å². The van der Waals surface area contributed by atoms with E-state index in [1.54, 1.807) is 24.3 Å². The maximum Gasteiger partial charge on any atom is 0.309 e. The Morgan fingerprint density at radius 3 is 1.60 bits per heavy atom. The molecule has 0 aromatic heterocycles. The summed E-state index contributed by atoms with van der Waals surface area (Å²) < 4.78 is 46.5. The van der Waals surface area contributed by atoms with Gasteiger partial charge in [-0.25, -0.2) is 8.78 Å². The number of hydrogen-bond acceptors (Lipinski definition) is 8. The molecule has 68 heavy (non-hydrogen) atoms. The van der Waals surface area contributed by atoms with Crippen LogP contribution in [0.2, 0.25) is 0 Å². The largest absolute Gasteiger partial charge is 0.490 e. The lowest BCUT2D eigenvalue weighted by Gasteiger charge is -2.37. The lowest BCUT2D eigenvalue weighted by molar-refractivity contribution is -0.144. The number of likely N-dealkylation sites (tertiary alicyclic amines) is 1. The molecule has 2 aliphatic heterocycles. The first-order valence-electron chi connectivity index (χ1n) is 24.7. The minimum Gasteiger partial charge on any atom is -0.490 e. The summed E-state index contributed by atoms with van der Waals surface area (Å²) in [6, 6.07) is 25.5. The zero-order valence-corrected chi connectivity index (χ0v) is 41.3. The van der Waals surface area contributed by atoms with Crippen LogP contribution in [0.4, 0.5) is 8.78 Å². The molecule has 2 saturated heterocycles. The van der Waals surface area contributed by atoms with Crippen LogP contribution in [-0.4, -0.2) is 73.7 Å². The van der Waals surface area contributed by atoms with E-state index in [9.17, 15) is 23.9 Å². The average Bonchev–Trinajstić information content (AvgIpc) is 4.05. The van der Waals surface area contributed by atoms with Gasteiger partial charge in [-0.15, -0.1) is 0 Å². The summed E-state index contributed by atoms with van der Waals surface area (Å²) in [5.41, 5.74) is 3.99. The number of rotatable bonds is 11. The molecule has 2 saturated carbocycles. The molecule has 2 unspecified atom stereocenters. The molecule has 4 fully saturated rings. The second kappa shape index (κ2) is 23.9. The highest BCUT2D eigenvalue weighted by Crippen LogP contribution is 2.40. The highest BCUT2D eigenvalue weighted by Gasteiger charge is 2.32. The quantitative estimate of drug-likeness (QED) is 0.112. The highest BCUT2D eigenvalue weighted by atomic mass is 19.1. The number of carboxylic acids is 1. The van der Waals surface area contributed by atoms with Crippen LogP contribution in [0.1, 0.15) is 122 Å². The Hall–Kier alpha value is -5.13. The van der Waals surface area contributed by atoms with Crippen LogP contribution in [0, 0.1) is 46.1 Å². The SMILES string of the molecule is CC(C)(C)C1CCC(Oc2ccc(-c3cccc(C=O)c3F)cc2)CC1.CC(C)(C)C1CCC(Oc2ccc(-c3cccc(CN4CCC(C(=O)O)C4)c3F)cc2)CC1.COC(=O)C1CCNC1. The molecule has 8 rings (SSSR count). The number of esters is 1. The van der Waals surface area contributed by atoms with Crippen LogP contribution in [0.15, 0.2) is 84.9 Å². The first-order valence-corrected chi connectivity index (χ1v) is 24.7. The number of aliphatic carboxylic acids is 1. The van der Waals surface area contributed by atoms with Crippen molar-refractivity contribution in [1.82, 2.24) is 10.2 Å². The second-order valence-electron chi connectivity index (χ2n) is 21.3. The van der Waals surface area contributed by atoms with E-state index < -0.39 is 11.8 Å². The lowest BCUT2D eigenvalue weighted by Crippen LogP contribution is -2.30. The Balaban J connectivity index is 0.000000193. The summed E-state index contributed by atoms with van der Waals surface area (Å²) in [6.45, 7) is 17.2. The molecule has 4 aliphatic rings. The molecule has 2 heterocycles. The van der Waals surface area contributed by atoms with Gasteiger partial charge in [0.2, 0.25) is 0 Å². The van der Waals surface area contributed by atoms with Gasteiger partial charge in [-0.1, -0.05) is 96.1 Å². The van der Waals surface area contributed by atoms with Crippen LogP contribution in [0.25, 0.3) is 22.3 Å². The third-order valence-corrected chi connectivity index (χ3v) is 14.6. The summed E-state index contributed by atoms with van der Waals surface area (Å²) in [5.74, 6) is 1.37. The Bertz CT molecular complexity index is 2250. The van der Waals surface area contributed by atoms with Crippen molar-refractivity contribution in [3.8, 4) is 33.8 Å². The van der Waals surface area contributed by atoms with Gasteiger partial charge in [-0.2, -0.15) is 0 Å². The van der Waals surface area contributed by atoms with Crippen molar-refractivity contribution in [2.75, 3.05) is 33.3 Å². The van der Waals surface area contributed by atoms with E-state index in [1.807, 2.05) is 59.5 Å². The molecule has 0 spiro atoms. The molecule has 0 bridgehead atoms. The smallest absolute Gasteiger partial charge is 0.309 e. The summed E-state index contributed by atoms with van der Waals surface area (Å²) in [7, 11) is 1.43. The van der Waals surface area contributed by atoms with E-state index >= 15 is 4.39 Å². The molecule has 0 radical (unpaired) electrons. The summed E-state index contributed by atoms with van der Waals surface area (Å²) in [5, 5.41) is 12.3. The Morgan fingerprint density at radius 1 is 0.676 bits per heavy atom. The van der Waals surface area contributed by atoms with Gasteiger partial charge in [0.05, 0.1) is 36.7 Å². The van der Waals surface area contributed by atoms with Crippen molar-refractivity contribution < 1.29 is 42.5 Å². The van der Waals surface area contributed by atoms with Gasteiger partial charge in [-0.05, 0) is 141 Å². The van der Waals surface area contributed by atoms with Crippen LogP contribution >= 0.6 is 0 Å². The van der Waals surface area contributed by atoms with Gasteiger partial charge >= 0.3 is 11.9 Å². The number of nitrogens with zero attached hydrogens (tertiary/aromatic N) is 1. The third-order valence-electron chi connectivity index (χ3n) is 14.6. The predicted octanol–water partition coefficient (Wildman–Crippen LogP) is 12.4. The number of ether oxygens (including phenoxy) is 3. The number of methoxy groups -OCH3 is 1. The molecule has 4 aromatic rings. The number of carbonyl (C=O) groups is 3. The number of aldehydes is 1. The first-order chi connectivity index (χ1) is 32.4. The lowest BCUT2D eigenvalue weighted by atomic mass is 9.72. The third kappa shape index (κ3) is 14.5. The fourth-order valence-electron chi connectivity index (χ4n) is 10.1. The molecule has 4 aromatic carbocycles. The summed E-state index contributed by atoms with van der Waals surface area (Å²) >= 11 is 0. The van der Waals surface area contributed by atoms with Crippen LogP contribution < -0.4 is 14.8 Å². The fourth-order valence-corrected chi connectivity index (χ4v) is 10.1. The van der Waals surface area contributed by atoms with Crippen molar-refractivity contribution in [2.45, 2.75) is 125 Å². The Kier molecular flexibility index (Phi) is 18.4. The van der Waals surface area contributed by atoms with Gasteiger partial charge in [0.25, 0.3) is 0 Å². The molecule has 9 nitrogen and oxygen atoms in total. The monoisotopic (exact) mass is 937 g/mol. The highest BCUT2D eigenvalue weighted by molar-refractivity contribution is 5.80. The number of hydrogen-bond donors (Lipinski definition) is 2. The average molecular weight is 937 g/mol. The zero-order chi connectivity index (χ0) is 49.0. The number of benzene rings is 4. The van der Waals surface area contributed by atoms with E-state index in [1.165, 1.54) is 38.9 Å². The molecule has 2 N–H and O–H groups in total. The van der Waals surface area contributed by atoms with E-state index in [0.717, 1.165) is 79.7 Å². The first kappa shape index (κ1) is 52.2. The number of carboxylic acid groups (broad SMARTS) is 1. The summed E-state index contributed by atoms with van der Waals surface area (Å²) in [6.07, 6.45) is 11.7.